The van der Waals surface area contributed by atoms with Crippen LogP contribution in [0.2, 0.25) is 18.1 Å². The number of benzene rings is 2. The van der Waals surface area contributed by atoms with Crippen molar-refractivity contribution in [1.29, 1.82) is 0 Å². The molecule has 0 aliphatic carbocycles. The number of hydrogen-bond acceptors (Lipinski definition) is 7. The summed E-state index contributed by atoms with van der Waals surface area (Å²) in [6, 6.07) is 15.9. The molecule has 0 spiro atoms. The van der Waals surface area contributed by atoms with Crippen molar-refractivity contribution in [3.63, 3.8) is 0 Å². The Balaban J connectivity index is 1.71. The van der Waals surface area contributed by atoms with Crippen molar-refractivity contribution in [2.45, 2.75) is 126 Å². The van der Waals surface area contributed by atoms with Crippen LogP contribution in [-0.4, -0.2) is 83.0 Å². The maximum atomic E-state index is 14.3. The zero-order valence-electron chi connectivity index (χ0n) is 32.7. The minimum atomic E-state index is -1.94. The lowest BCUT2D eigenvalue weighted by Gasteiger charge is -2.50. The van der Waals surface area contributed by atoms with Crippen LogP contribution in [-0.2, 0) is 36.5 Å². The van der Waals surface area contributed by atoms with Crippen molar-refractivity contribution in [1.82, 2.24) is 9.80 Å². The van der Waals surface area contributed by atoms with E-state index in [1.165, 1.54) is 23.6 Å². The van der Waals surface area contributed by atoms with Crippen LogP contribution in [0.3, 0.4) is 0 Å². The number of fused-ring (bicyclic) bond motifs is 2. The Kier molecular flexibility index (Phi) is 13.4. The fraction of sp³-hybridized carbons (Fsp3) is 0.575. The summed E-state index contributed by atoms with van der Waals surface area (Å²) in [5.41, 5.74) is 1.49. The summed E-state index contributed by atoms with van der Waals surface area (Å²) in [7, 11) is -1.83. The Labute approximate surface area is 331 Å². The Hall–Kier alpha value is -2.76. The highest BCUT2D eigenvalue weighted by Crippen LogP contribution is 2.44. The van der Waals surface area contributed by atoms with Crippen LogP contribution in [0.4, 0.5) is 9.59 Å². The average Bonchev–Trinajstić information content (AvgIpc) is 3.03. The summed E-state index contributed by atoms with van der Waals surface area (Å²) in [5, 5.41) is 0.149. The van der Waals surface area contributed by atoms with Crippen molar-refractivity contribution >= 4 is 66.8 Å². The van der Waals surface area contributed by atoms with E-state index in [0.29, 0.717) is 6.61 Å². The van der Waals surface area contributed by atoms with Crippen LogP contribution in [0.1, 0.15) is 84.9 Å². The van der Waals surface area contributed by atoms with Crippen molar-refractivity contribution in [2.24, 2.45) is 0 Å². The van der Waals surface area contributed by atoms with E-state index in [4.69, 9.17) is 53.4 Å². The van der Waals surface area contributed by atoms with Gasteiger partial charge in [0.05, 0.1) is 17.7 Å². The number of alkyl halides is 3. The lowest BCUT2D eigenvalue weighted by Crippen LogP contribution is -2.66. The van der Waals surface area contributed by atoms with Crippen LogP contribution < -0.4 is 0 Å². The number of hydrogen-bond donors (Lipinski definition) is 0. The molecule has 2 amide bonds. The van der Waals surface area contributed by atoms with E-state index in [9.17, 15) is 14.4 Å². The second kappa shape index (κ2) is 16.5. The molecule has 13 heteroatoms. The molecule has 2 aliphatic rings. The third kappa shape index (κ3) is 10.9. The van der Waals surface area contributed by atoms with Gasteiger partial charge in [0.15, 0.2) is 13.9 Å². The third-order valence-electron chi connectivity index (χ3n) is 10.2. The summed E-state index contributed by atoms with van der Waals surface area (Å²) >= 11 is 18.6. The number of esters is 1. The van der Waals surface area contributed by atoms with E-state index < -0.39 is 53.6 Å². The van der Waals surface area contributed by atoms with Gasteiger partial charge in [0, 0.05) is 19.7 Å². The maximum Gasteiger partial charge on any atom is 0.411 e. The lowest BCUT2D eigenvalue weighted by molar-refractivity contribution is -0.141. The van der Waals surface area contributed by atoms with Crippen molar-refractivity contribution in [3.05, 3.63) is 76.9 Å². The maximum absolute atomic E-state index is 14.3. The van der Waals surface area contributed by atoms with E-state index in [1.807, 2.05) is 42.5 Å². The summed E-state index contributed by atoms with van der Waals surface area (Å²) in [6.07, 6.45) is 0.633. The van der Waals surface area contributed by atoms with Crippen LogP contribution in [0.5, 0.6) is 0 Å². The number of ether oxygens (including phenoxy) is 3. The molecule has 2 aromatic carbocycles. The molecule has 292 valence electrons. The van der Waals surface area contributed by atoms with E-state index in [2.05, 4.69) is 46.0 Å². The molecule has 4 rings (SSSR count). The van der Waals surface area contributed by atoms with Crippen LogP contribution in [0, 0.1) is 0 Å². The minimum absolute atomic E-state index is 0.0169. The predicted molar refractivity (Wildman–Crippen MR) is 214 cm³/mol. The highest BCUT2D eigenvalue weighted by molar-refractivity contribution is 6.74. The number of carbonyl (C=O) groups excluding carboxylic acids is 3. The molecule has 2 atom stereocenters. The number of piperazine rings is 1. The van der Waals surface area contributed by atoms with Gasteiger partial charge in [-0.3, -0.25) is 4.90 Å². The molecular formula is C40H55Cl3N2O7Si. The predicted octanol–water partition coefficient (Wildman–Crippen LogP) is 10.1. The molecule has 1 saturated heterocycles. The monoisotopic (exact) mass is 808 g/mol. The highest BCUT2D eigenvalue weighted by atomic mass is 35.6. The minimum Gasteiger partial charge on any atom is -0.457 e. The topological polar surface area (TPSA) is 94.6 Å². The first-order valence-corrected chi connectivity index (χ1v) is 22.2. The molecule has 9 nitrogen and oxygen atoms in total. The quantitative estimate of drug-likeness (QED) is 0.0776. The fourth-order valence-corrected chi connectivity index (χ4v) is 7.22. The summed E-state index contributed by atoms with van der Waals surface area (Å²) < 4.78 is 21.9. The number of aryl methyl sites for hydroxylation is 1. The summed E-state index contributed by atoms with van der Waals surface area (Å²) in [4.78, 5) is 44.8. The zero-order chi connectivity index (χ0) is 39.6. The largest absolute Gasteiger partial charge is 0.457 e. The molecule has 1 fully saturated rings. The number of carbonyl (C=O) groups is 3. The first-order chi connectivity index (χ1) is 24.4. The molecule has 2 heterocycles. The van der Waals surface area contributed by atoms with Gasteiger partial charge in [-0.1, -0.05) is 110 Å². The first kappa shape index (κ1) is 43.0. The number of halogens is 3. The number of rotatable bonds is 10. The molecule has 0 radical (unpaired) electrons. The Morgan fingerprint density at radius 3 is 2.00 bits per heavy atom. The van der Waals surface area contributed by atoms with Gasteiger partial charge < -0.3 is 23.5 Å². The van der Waals surface area contributed by atoms with E-state index in [-0.39, 0.29) is 36.7 Å². The normalized spacial score (nSPS) is 18.5. The van der Waals surface area contributed by atoms with Crippen LogP contribution in [0.15, 0.2) is 60.2 Å². The molecule has 2 bridgehead atoms. The van der Waals surface area contributed by atoms with Gasteiger partial charge in [-0.25, -0.2) is 14.4 Å². The van der Waals surface area contributed by atoms with Gasteiger partial charge >= 0.3 is 18.2 Å². The Morgan fingerprint density at radius 2 is 1.43 bits per heavy atom. The molecule has 2 aromatic rings. The smallest absolute Gasteiger partial charge is 0.411 e. The molecule has 0 N–H and O–H groups in total. The van der Waals surface area contributed by atoms with Crippen LogP contribution >= 0.6 is 34.8 Å². The molecule has 1 unspecified atom stereocenters. The number of amides is 2. The SMILES string of the molecule is CC(C)(C)OC(=O)N1CC2CC(c3ccc(CCCO[Si](C)(C)C(C)(C)C)cc3)=C(C(=O)OCc3ccccc3)[C@@H](C1)N2C(=O)OC(C)(C)C(Cl)(Cl)Cl. The molecular weight excluding hydrogens is 755 g/mol. The van der Waals surface area contributed by atoms with Crippen LogP contribution in [0.25, 0.3) is 5.57 Å². The molecule has 53 heavy (non-hydrogen) atoms. The molecule has 2 aliphatic heterocycles. The third-order valence-corrected chi connectivity index (χ3v) is 16.1. The molecule has 0 aromatic heterocycles. The van der Waals surface area contributed by atoms with E-state index >= 15 is 0 Å². The molecule has 0 saturated carbocycles. The lowest BCUT2D eigenvalue weighted by atomic mass is 9.82. The fourth-order valence-electron chi connectivity index (χ4n) is 6.01. The Bertz CT molecular complexity index is 1650. The van der Waals surface area contributed by atoms with Gasteiger partial charge in [0.1, 0.15) is 12.2 Å². The standard InChI is InChI=1S/C40H55Cl3N2O7Si/c1-37(2,3)51-35(47)44-24-30-23-31(29-20-18-27(19-21-29)17-14-22-50-53(9,10)38(4,5)6)33(34(46)49-26-28-15-12-11-13-16-28)32(25-44)45(30)36(48)52-39(7,8)40(41,42)43/h11-13,15-16,18-21,30,32H,14,17,22-26H2,1-10H3/t30?,32-/m1/s1. The summed E-state index contributed by atoms with van der Waals surface area (Å²) in [6.45, 7) is 20.4. The van der Waals surface area contributed by atoms with Crippen molar-refractivity contribution < 1.29 is 33.0 Å². The van der Waals surface area contributed by atoms with Gasteiger partial charge in [-0.15, -0.1) is 0 Å². The second-order valence-corrected chi connectivity index (χ2v) is 24.0. The van der Waals surface area contributed by atoms with E-state index in [0.717, 1.165) is 35.1 Å². The summed E-state index contributed by atoms with van der Waals surface area (Å²) in [5.74, 6) is -0.608. The first-order valence-electron chi connectivity index (χ1n) is 18.1. The Morgan fingerprint density at radius 1 is 0.811 bits per heavy atom. The highest BCUT2D eigenvalue weighted by Gasteiger charge is 2.52. The van der Waals surface area contributed by atoms with Crippen molar-refractivity contribution in [2.75, 3.05) is 19.7 Å². The van der Waals surface area contributed by atoms with Gasteiger partial charge in [0.2, 0.25) is 3.79 Å². The van der Waals surface area contributed by atoms with Gasteiger partial charge in [-0.2, -0.15) is 0 Å². The zero-order valence-corrected chi connectivity index (χ0v) is 36.0. The number of nitrogens with zero attached hydrogens (tertiary/aromatic N) is 2. The second-order valence-electron chi connectivity index (χ2n) is 16.9. The van der Waals surface area contributed by atoms with Gasteiger partial charge in [-0.05, 0) is 94.3 Å². The van der Waals surface area contributed by atoms with Gasteiger partial charge in [0.25, 0.3) is 0 Å². The van der Waals surface area contributed by atoms with Crippen molar-refractivity contribution in [3.8, 4) is 0 Å². The average molecular weight is 810 g/mol. The van der Waals surface area contributed by atoms with E-state index in [1.54, 1.807) is 20.8 Å².